The summed E-state index contributed by atoms with van der Waals surface area (Å²) < 4.78 is 40.1. The fourth-order valence-electron chi connectivity index (χ4n) is 3.01. The smallest absolute Gasteiger partial charge is 0.393 e. The number of benzene rings is 1. The minimum Gasteiger partial charge on any atom is -0.393 e. The topological polar surface area (TPSA) is 52.6 Å². The van der Waals surface area contributed by atoms with Gasteiger partial charge in [0.05, 0.1) is 11.7 Å². The molecule has 1 saturated heterocycles. The van der Waals surface area contributed by atoms with Crippen molar-refractivity contribution in [3.8, 4) is 0 Å². The first-order valence-corrected chi connectivity index (χ1v) is 7.31. The third-order valence-corrected chi connectivity index (χ3v) is 4.23. The first-order valence-electron chi connectivity index (χ1n) is 7.31. The van der Waals surface area contributed by atoms with Gasteiger partial charge in [0, 0.05) is 30.9 Å². The van der Waals surface area contributed by atoms with E-state index in [2.05, 4.69) is 5.32 Å². The van der Waals surface area contributed by atoms with Gasteiger partial charge in [0.15, 0.2) is 0 Å². The number of fused-ring (bicyclic) bond motifs is 1. The minimum absolute atomic E-state index is 0.147. The summed E-state index contributed by atoms with van der Waals surface area (Å²) in [7, 11) is 0. The summed E-state index contributed by atoms with van der Waals surface area (Å²) in [4.78, 5) is 13.1. The molecule has 3 rings (SSSR count). The van der Waals surface area contributed by atoms with Gasteiger partial charge in [0.1, 0.15) is 0 Å². The Balaban J connectivity index is 2.02. The molecule has 2 heterocycles. The molecule has 0 bridgehead atoms. The summed E-state index contributed by atoms with van der Waals surface area (Å²) in [5.74, 6) is -0.255. The van der Waals surface area contributed by atoms with E-state index < -0.39 is 17.8 Å². The van der Waals surface area contributed by atoms with Gasteiger partial charge in [-0.05, 0) is 37.0 Å². The Labute approximate surface area is 125 Å². The van der Waals surface area contributed by atoms with Crippen LogP contribution in [0.5, 0.6) is 0 Å². The predicted octanol–water partition coefficient (Wildman–Crippen LogP) is 2.55. The summed E-state index contributed by atoms with van der Waals surface area (Å²) in [6.45, 7) is 0.796. The molecule has 1 aromatic rings. The number of aryl methyl sites for hydroxylation is 1. The molecule has 1 amide bonds. The highest BCUT2D eigenvalue weighted by Gasteiger charge is 2.37. The number of aliphatic hydroxyl groups is 1. The highest BCUT2D eigenvalue weighted by molar-refractivity contribution is 5.94. The first-order chi connectivity index (χ1) is 10.3. The summed E-state index contributed by atoms with van der Waals surface area (Å²) in [6, 6.07) is 2.57. The molecule has 4 nitrogen and oxygen atoms in total. The molecular weight excluding hydrogens is 297 g/mol. The quantitative estimate of drug-likeness (QED) is 0.837. The number of alkyl halides is 3. The van der Waals surface area contributed by atoms with Gasteiger partial charge in [-0.2, -0.15) is 13.2 Å². The SMILES string of the molecule is O=C1CCc2cc(N3CCC(O)CC3)c(C(F)(F)F)cc2N1. The molecule has 7 heteroatoms. The van der Waals surface area contributed by atoms with Gasteiger partial charge in [-0.1, -0.05) is 0 Å². The molecule has 1 fully saturated rings. The second kappa shape index (κ2) is 5.46. The number of carbonyl (C=O) groups is 1. The molecule has 22 heavy (non-hydrogen) atoms. The van der Waals surface area contributed by atoms with Crippen LogP contribution >= 0.6 is 0 Å². The summed E-state index contributed by atoms with van der Waals surface area (Å²) >= 11 is 0. The average Bonchev–Trinajstić information content (AvgIpc) is 2.46. The molecule has 2 N–H and O–H groups in total. The lowest BCUT2D eigenvalue weighted by molar-refractivity contribution is -0.137. The molecule has 0 saturated carbocycles. The van der Waals surface area contributed by atoms with Crippen LogP contribution < -0.4 is 10.2 Å². The van der Waals surface area contributed by atoms with Crippen LogP contribution in [0.3, 0.4) is 0 Å². The van der Waals surface area contributed by atoms with Crippen molar-refractivity contribution >= 4 is 17.3 Å². The van der Waals surface area contributed by atoms with Crippen LogP contribution in [0.15, 0.2) is 12.1 Å². The lowest BCUT2D eigenvalue weighted by atomic mass is 9.97. The molecular formula is C15H17F3N2O2. The Hall–Kier alpha value is -1.76. The monoisotopic (exact) mass is 314 g/mol. The average molecular weight is 314 g/mol. The van der Waals surface area contributed by atoms with Gasteiger partial charge in [-0.15, -0.1) is 0 Å². The van der Waals surface area contributed by atoms with E-state index in [-0.39, 0.29) is 23.7 Å². The van der Waals surface area contributed by atoms with Crippen LogP contribution in [0.2, 0.25) is 0 Å². The summed E-state index contributed by atoms with van der Waals surface area (Å²) in [5.41, 5.74) is 0.400. The zero-order chi connectivity index (χ0) is 15.9. The number of nitrogens with zero attached hydrogens (tertiary/aromatic N) is 1. The predicted molar refractivity (Wildman–Crippen MR) is 75.8 cm³/mol. The molecule has 1 aromatic carbocycles. The number of rotatable bonds is 1. The Morgan fingerprint density at radius 2 is 1.86 bits per heavy atom. The molecule has 2 aliphatic rings. The van der Waals surface area contributed by atoms with Crippen LogP contribution in [-0.2, 0) is 17.4 Å². The molecule has 0 spiro atoms. The molecule has 0 aromatic heterocycles. The number of piperidine rings is 1. The van der Waals surface area contributed by atoms with Gasteiger partial charge >= 0.3 is 6.18 Å². The van der Waals surface area contributed by atoms with E-state index in [0.29, 0.717) is 32.4 Å². The van der Waals surface area contributed by atoms with Crippen molar-refractivity contribution in [3.63, 3.8) is 0 Å². The zero-order valence-corrected chi connectivity index (χ0v) is 11.9. The van der Waals surface area contributed by atoms with Crippen molar-refractivity contribution in [2.24, 2.45) is 0 Å². The number of nitrogens with one attached hydrogen (secondary N) is 1. The van der Waals surface area contributed by atoms with Crippen LogP contribution in [0.4, 0.5) is 24.5 Å². The summed E-state index contributed by atoms with van der Waals surface area (Å²) in [5, 5.41) is 12.0. The number of carbonyl (C=O) groups excluding carboxylic acids is 1. The number of anilines is 2. The van der Waals surface area contributed by atoms with Crippen LogP contribution in [0.25, 0.3) is 0 Å². The highest BCUT2D eigenvalue weighted by Crippen LogP contribution is 2.41. The van der Waals surface area contributed by atoms with Gasteiger partial charge < -0.3 is 15.3 Å². The van der Waals surface area contributed by atoms with E-state index in [9.17, 15) is 23.1 Å². The van der Waals surface area contributed by atoms with Crippen molar-refractivity contribution in [1.29, 1.82) is 0 Å². The lowest BCUT2D eigenvalue weighted by Gasteiger charge is -2.34. The Bertz CT molecular complexity index is 593. The fraction of sp³-hybridized carbons (Fsp3) is 0.533. The van der Waals surface area contributed by atoms with Crippen LogP contribution in [0.1, 0.15) is 30.4 Å². The van der Waals surface area contributed by atoms with E-state index in [1.54, 1.807) is 4.90 Å². The lowest BCUT2D eigenvalue weighted by Crippen LogP contribution is -2.37. The standard InChI is InChI=1S/C15H17F3N2O2/c16-15(17,18)11-8-12-9(1-2-14(22)19-12)7-13(11)20-5-3-10(21)4-6-20/h7-8,10,21H,1-6H2,(H,19,22). The maximum absolute atomic E-state index is 13.4. The van der Waals surface area contributed by atoms with Crippen molar-refractivity contribution in [2.75, 3.05) is 23.3 Å². The number of halogens is 3. The summed E-state index contributed by atoms with van der Waals surface area (Å²) in [6.07, 6.45) is -3.26. The van der Waals surface area contributed by atoms with Crippen LogP contribution in [-0.4, -0.2) is 30.2 Å². The van der Waals surface area contributed by atoms with Gasteiger partial charge in [0.2, 0.25) is 5.91 Å². The third-order valence-electron chi connectivity index (χ3n) is 4.23. The van der Waals surface area contributed by atoms with Crippen molar-refractivity contribution < 1.29 is 23.1 Å². The Kier molecular flexibility index (Phi) is 3.76. The van der Waals surface area contributed by atoms with Gasteiger partial charge in [0.25, 0.3) is 0 Å². The number of hydrogen-bond acceptors (Lipinski definition) is 3. The number of amides is 1. The maximum atomic E-state index is 13.4. The highest BCUT2D eigenvalue weighted by atomic mass is 19.4. The second-order valence-corrected chi connectivity index (χ2v) is 5.79. The fourth-order valence-corrected chi connectivity index (χ4v) is 3.01. The van der Waals surface area contributed by atoms with E-state index in [1.165, 1.54) is 6.07 Å². The minimum atomic E-state index is -4.48. The number of hydrogen-bond donors (Lipinski definition) is 2. The van der Waals surface area contributed by atoms with Gasteiger partial charge in [-0.3, -0.25) is 4.79 Å². The molecule has 0 atom stereocenters. The Morgan fingerprint density at radius 1 is 1.18 bits per heavy atom. The van der Waals surface area contributed by atoms with Crippen molar-refractivity contribution in [1.82, 2.24) is 0 Å². The zero-order valence-electron chi connectivity index (χ0n) is 11.9. The van der Waals surface area contributed by atoms with E-state index in [1.807, 2.05) is 0 Å². The molecule has 0 unspecified atom stereocenters. The van der Waals surface area contributed by atoms with Crippen LogP contribution in [0, 0.1) is 0 Å². The molecule has 120 valence electrons. The third kappa shape index (κ3) is 2.90. The Morgan fingerprint density at radius 3 is 2.50 bits per heavy atom. The van der Waals surface area contributed by atoms with Crippen molar-refractivity contribution in [2.45, 2.75) is 38.0 Å². The molecule has 0 radical (unpaired) electrons. The molecule has 0 aliphatic carbocycles. The molecule has 2 aliphatic heterocycles. The van der Waals surface area contributed by atoms with E-state index in [4.69, 9.17) is 0 Å². The van der Waals surface area contributed by atoms with E-state index >= 15 is 0 Å². The maximum Gasteiger partial charge on any atom is 0.418 e. The van der Waals surface area contributed by atoms with E-state index in [0.717, 1.165) is 11.6 Å². The first kappa shape index (κ1) is 15.1. The van der Waals surface area contributed by atoms with Gasteiger partial charge in [-0.25, -0.2) is 0 Å². The largest absolute Gasteiger partial charge is 0.418 e. The van der Waals surface area contributed by atoms with Crippen molar-refractivity contribution in [3.05, 3.63) is 23.3 Å². The number of aliphatic hydroxyl groups excluding tert-OH is 1. The normalized spacial score (nSPS) is 19.8. The second-order valence-electron chi connectivity index (χ2n) is 5.79.